The van der Waals surface area contributed by atoms with E-state index in [9.17, 15) is 5.26 Å². The Hall–Kier alpha value is -5.85. The standard InChI is InChI=1S/C42H27N3/c1-42(2)35-22-25(24-43)13-19-29(35)30-20-18-28(23-36(30)42)26-14-16-27(17-15-26)40-39-34-11-7-21-44-41(34)32-9-4-3-8-31(32)38(39)33-10-5-6-12-37(33)45-40/h3-23H,1-2H3. The Kier molecular flexibility index (Phi) is 5.31. The number of fused-ring (bicyclic) bond motifs is 11. The summed E-state index contributed by atoms with van der Waals surface area (Å²) in [5.74, 6) is 0. The van der Waals surface area contributed by atoms with E-state index in [1.54, 1.807) is 0 Å². The van der Waals surface area contributed by atoms with E-state index in [0.717, 1.165) is 49.4 Å². The number of hydrogen-bond donors (Lipinski definition) is 0. The molecule has 210 valence electrons. The molecule has 0 fully saturated rings. The SMILES string of the molecule is CC1(C)c2cc(C#N)ccc2-c2ccc(-c3ccc(-c4nc5ccccc5c5c6ccccc6c6ncccc6c45)cc3)cc21. The van der Waals surface area contributed by atoms with Crippen LogP contribution in [0.4, 0.5) is 0 Å². The zero-order valence-corrected chi connectivity index (χ0v) is 25.0. The molecule has 1 aliphatic rings. The summed E-state index contributed by atoms with van der Waals surface area (Å²) in [4.78, 5) is 10.1. The van der Waals surface area contributed by atoms with Crippen molar-refractivity contribution >= 4 is 43.4 Å². The summed E-state index contributed by atoms with van der Waals surface area (Å²) in [6.45, 7) is 4.51. The normalized spacial score (nSPS) is 13.3. The molecule has 0 saturated heterocycles. The van der Waals surface area contributed by atoms with Gasteiger partial charge in [-0.15, -0.1) is 0 Å². The molecule has 0 amide bonds. The van der Waals surface area contributed by atoms with E-state index >= 15 is 0 Å². The molecule has 6 aromatic carbocycles. The second kappa shape index (κ2) is 9.32. The highest BCUT2D eigenvalue weighted by molar-refractivity contribution is 6.32. The molecular formula is C42H27N3. The lowest BCUT2D eigenvalue weighted by atomic mass is 9.81. The van der Waals surface area contributed by atoms with E-state index < -0.39 is 0 Å². The number of nitrogens with zero attached hydrogens (tertiary/aromatic N) is 3. The number of para-hydroxylation sites is 1. The van der Waals surface area contributed by atoms with Crippen molar-refractivity contribution in [2.75, 3.05) is 0 Å². The van der Waals surface area contributed by atoms with Gasteiger partial charge in [0.25, 0.3) is 0 Å². The first-order valence-corrected chi connectivity index (χ1v) is 15.3. The topological polar surface area (TPSA) is 49.6 Å². The molecule has 3 heteroatoms. The van der Waals surface area contributed by atoms with Crippen LogP contribution in [0.25, 0.3) is 76.9 Å². The summed E-state index contributed by atoms with van der Waals surface area (Å²) in [6, 6.07) is 45.2. The highest BCUT2D eigenvalue weighted by Gasteiger charge is 2.35. The maximum atomic E-state index is 9.51. The largest absolute Gasteiger partial charge is 0.256 e. The van der Waals surface area contributed by atoms with Crippen LogP contribution >= 0.6 is 0 Å². The van der Waals surface area contributed by atoms with Crippen molar-refractivity contribution in [1.82, 2.24) is 9.97 Å². The van der Waals surface area contributed by atoms with Gasteiger partial charge in [-0.05, 0) is 69.1 Å². The van der Waals surface area contributed by atoms with Gasteiger partial charge in [0.1, 0.15) is 0 Å². The Balaban J connectivity index is 1.23. The van der Waals surface area contributed by atoms with Crippen molar-refractivity contribution in [3.8, 4) is 39.6 Å². The maximum Gasteiger partial charge on any atom is 0.0991 e. The van der Waals surface area contributed by atoms with Crippen LogP contribution in [0, 0.1) is 11.3 Å². The van der Waals surface area contributed by atoms with Crippen LogP contribution < -0.4 is 0 Å². The predicted molar refractivity (Wildman–Crippen MR) is 185 cm³/mol. The summed E-state index contributed by atoms with van der Waals surface area (Å²) in [5.41, 5.74) is 11.9. The van der Waals surface area contributed by atoms with Crippen molar-refractivity contribution in [2.45, 2.75) is 19.3 Å². The molecule has 8 aromatic rings. The zero-order valence-electron chi connectivity index (χ0n) is 25.0. The van der Waals surface area contributed by atoms with Crippen molar-refractivity contribution in [2.24, 2.45) is 0 Å². The third-order valence-electron chi connectivity index (χ3n) is 9.72. The summed E-state index contributed by atoms with van der Waals surface area (Å²) in [6.07, 6.45) is 1.88. The Morgan fingerprint density at radius 3 is 2.02 bits per heavy atom. The maximum absolute atomic E-state index is 9.51. The fraction of sp³-hybridized carbons (Fsp3) is 0.0714. The Bertz CT molecular complexity index is 2570. The molecule has 0 radical (unpaired) electrons. The Labute approximate surface area is 261 Å². The number of aromatic nitrogens is 2. The van der Waals surface area contributed by atoms with Gasteiger partial charge in [-0.3, -0.25) is 4.98 Å². The number of hydrogen-bond acceptors (Lipinski definition) is 3. The first-order chi connectivity index (χ1) is 22.0. The second-order valence-corrected chi connectivity index (χ2v) is 12.5. The summed E-state index contributed by atoms with van der Waals surface area (Å²) < 4.78 is 0. The molecule has 0 saturated carbocycles. The van der Waals surface area contributed by atoms with E-state index in [-0.39, 0.29) is 5.41 Å². The molecule has 45 heavy (non-hydrogen) atoms. The lowest BCUT2D eigenvalue weighted by Crippen LogP contribution is -2.15. The molecule has 0 N–H and O–H groups in total. The molecule has 2 aromatic heterocycles. The van der Waals surface area contributed by atoms with Crippen LogP contribution in [0.2, 0.25) is 0 Å². The molecule has 0 aliphatic heterocycles. The van der Waals surface area contributed by atoms with E-state index in [0.29, 0.717) is 5.56 Å². The van der Waals surface area contributed by atoms with Crippen molar-refractivity contribution in [1.29, 1.82) is 5.26 Å². The average molecular weight is 574 g/mol. The average Bonchev–Trinajstić information content (AvgIpc) is 3.32. The third-order valence-corrected chi connectivity index (χ3v) is 9.72. The van der Waals surface area contributed by atoms with Gasteiger partial charge >= 0.3 is 0 Å². The van der Waals surface area contributed by atoms with Gasteiger partial charge in [0.2, 0.25) is 0 Å². The van der Waals surface area contributed by atoms with E-state index in [4.69, 9.17) is 9.97 Å². The van der Waals surface area contributed by atoms with Crippen molar-refractivity contribution < 1.29 is 0 Å². The molecule has 0 bridgehead atoms. The number of benzene rings is 6. The first kappa shape index (κ1) is 25.6. The molecule has 1 aliphatic carbocycles. The molecular weight excluding hydrogens is 546 g/mol. The molecule has 0 unspecified atom stereocenters. The van der Waals surface area contributed by atoms with Gasteiger partial charge in [0.05, 0.1) is 28.4 Å². The lowest BCUT2D eigenvalue weighted by molar-refractivity contribution is 0.660. The number of rotatable bonds is 2. The molecule has 0 atom stereocenters. The molecule has 9 rings (SSSR count). The molecule has 0 spiro atoms. The summed E-state index contributed by atoms with van der Waals surface area (Å²) in [7, 11) is 0. The number of pyridine rings is 2. The minimum absolute atomic E-state index is 0.181. The monoisotopic (exact) mass is 573 g/mol. The highest BCUT2D eigenvalue weighted by Crippen LogP contribution is 2.50. The van der Waals surface area contributed by atoms with Crippen LogP contribution in [0.1, 0.15) is 30.5 Å². The van der Waals surface area contributed by atoms with E-state index in [1.165, 1.54) is 38.6 Å². The Morgan fingerprint density at radius 1 is 0.578 bits per heavy atom. The van der Waals surface area contributed by atoms with Crippen LogP contribution in [0.5, 0.6) is 0 Å². The van der Waals surface area contributed by atoms with Crippen LogP contribution in [-0.2, 0) is 5.41 Å². The lowest BCUT2D eigenvalue weighted by Gasteiger charge is -2.22. The van der Waals surface area contributed by atoms with Gasteiger partial charge in [0.15, 0.2) is 0 Å². The van der Waals surface area contributed by atoms with Gasteiger partial charge in [-0.1, -0.05) is 105 Å². The fourth-order valence-corrected chi connectivity index (χ4v) is 7.50. The van der Waals surface area contributed by atoms with Crippen LogP contribution in [-0.4, -0.2) is 9.97 Å². The van der Waals surface area contributed by atoms with Crippen LogP contribution in [0.3, 0.4) is 0 Å². The van der Waals surface area contributed by atoms with Gasteiger partial charge in [-0.2, -0.15) is 5.26 Å². The highest BCUT2D eigenvalue weighted by atomic mass is 14.7. The minimum atomic E-state index is -0.181. The second-order valence-electron chi connectivity index (χ2n) is 12.5. The van der Waals surface area contributed by atoms with Crippen molar-refractivity contribution in [3.63, 3.8) is 0 Å². The summed E-state index contributed by atoms with van der Waals surface area (Å²) >= 11 is 0. The minimum Gasteiger partial charge on any atom is -0.256 e. The van der Waals surface area contributed by atoms with Crippen LogP contribution in [0.15, 0.2) is 128 Å². The number of nitriles is 1. The van der Waals surface area contributed by atoms with Gasteiger partial charge in [0, 0.05) is 44.1 Å². The fourth-order valence-electron chi connectivity index (χ4n) is 7.50. The smallest absolute Gasteiger partial charge is 0.0991 e. The quantitative estimate of drug-likeness (QED) is 0.193. The summed E-state index contributed by atoms with van der Waals surface area (Å²) in [5, 5.41) is 16.5. The van der Waals surface area contributed by atoms with Gasteiger partial charge in [-0.25, -0.2) is 4.98 Å². The Morgan fingerprint density at radius 2 is 1.22 bits per heavy atom. The van der Waals surface area contributed by atoms with Crippen molar-refractivity contribution in [3.05, 3.63) is 144 Å². The predicted octanol–water partition coefficient (Wildman–Crippen LogP) is 10.6. The first-order valence-electron chi connectivity index (χ1n) is 15.3. The van der Waals surface area contributed by atoms with E-state index in [1.807, 2.05) is 24.4 Å². The molecule has 3 nitrogen and oxygen atoms in total. The van der Waals surface area contributed by atoms with Gasteiger partial charge < -0.3 is 0 Å². The third kappa shape index (κ3) is 3.63. The van der Waals surface area contributed by atoms with E-state index in [2.05, 4.69) is 123 Å². The molecule has 2 heterocycles. The zero-order chi connectivity index (χ0) is 30.3.